The third kappa shape index (κ3) is 8.63. The third-order valence-electron chi connectivity index (χ3n) is 1.77. The minimum Gasteiger partial charge on any atom is -0.310 e. The fraction of sp³-hybridized carbons (Fsp3) is 0.500. The molecule has 0 spiro atoms. The highest BCUT2D eigenvalue weighted by atomic mass is 35.5. The second-order valence-electron chi connectivity index (χ2n) is 3.30. The van der Waals surface area contributed by atoms with Gasteiger partial charge in [0.15, 0.2) is 0 Å². The molecule has 1 heterocycles. The Balaban J connectivity index is 0. The summed E-state index contributed by atoms with van der Waals surface area (Å²) < 4.78 is 0. The van der Waals surface area contributed by atoms with Gasteiger partial charge in [0.2, 0.25) is 0 Å². The van der Waals surface area contributed by atoms with Crippen molar-refractivity contribution in [3.63, 3.8) is 0 Å². The van der Waals surface area contributed by atoms with Gasteiger partial charge in [0.05, 0.1) is 5.69 Å². The van der Waals surface area contributed by atoms with E-state index in [1.54, 1.807) is 0 Å². The molecule has 0 aliphatic carbocycles. The topological polar surface area (TPSA) is 28.2 Å². The Morgan fingerprint density at radius 1 is 1.27 bits per heavy atom. The molecule has 0 aromatic carbocycles. The number of nitrogens with zero attached hydrogens (tertiary/aromatic N) is 2. The molecule has 0 bridgehead atoms. The molecular weight excluding hydrogens is 233 g/mol. The Labute approximate surface area is 104 Å². The Kier molecular flexibility index (Phi) is 11.6. The van der Waals surface area contributed by atoms with Crippen molar-refractivity contribution in [2.24, 2.45) is 0 Å². The Hall–Kier alpha value is -0.350. The van der Waals surface area contributed by atoms with Gasteiger partial charge in [-0.3, -0.25) is 4.98 Å². The summed E-state index contributed by atoms with van der Waals surface area (Å²) in [6.45, 7) is 2.92. The maximum Gasteiger partial charge on any atom is 0.0541 e. The molecule has 1 aromatic heterocycles. The molecule has 0 aliphatic rings. The lowest BCUT2D eigenvalue weighted by Crippen LogP contribution is -2.26. The van der Waals surface area contributed by atoms with E-state index < -0.39 is 0 Å². The van der Waals surface area contributed by atoms with Crippen LogP contribution in [0.5, 0.6) is 0 Å². The number of nitrogens with one attached hydrogen (secondary N) is 1. The number of pyridine rings is 1. The zero-order valence-corrected chi connectivity index (χ0v) is 10.8. The molecule has 0 radical (unpaired) electrons. The van der Waals surface area contributed by atoms with Gasteiger partial charge in [0, 0.05) is 25.8 Å². The average molecular weight is 252 g/mol. The van der Waals surface area contributed by atoms with Gasteiger partial charge in [0.1, 0.15) is 0 Å². The summed E-state index contributed by atoms with van der Waals surface area (Å²) in [5.41, 5.74) is 1.10. The lowest BCUT2D eigenvalue weighted by Gasteiger charge is -2.09. The van der Waals surface area contributed by atoms with Crippen LogP contribution in [0.3, 0.4) is 0 Å². The van der Waals surface area contributed by atoms with E-state index in [0.717, 1.165) is 25.3 Å². The first-order chi connectivity index (χ1) is 6.29. The van der Waals surface area contributed by atoms with Gasteiger partial charge in [-0.1, -0.05) is 6.07 Å². The van der Waals surface area contributed by atoms with Crippen molar-refractivity contribution in [1.82, 2.24) is 15.2 Å². The highest BCUT2D eigenvalue weighted by Crippen LogP contribution is 1.91. The normalized spacial score (nSPS) is 9.27. The lowest BCUT2D eigenvalue weighted by molar-refractivity contribution is 0.399. The zero-order valence-electron chi connectivity index (χ0n) is 9.14. The average Bonchev–Trinajstić information content (AvgIpc) is 2.14. The lowest BCUT2D eigenvalue weighted by atomic mass is 10.3. The Morgan fingerprint density at radius 3 is 2.53 bits per heavy atom. The molecule has 0 fully saturated rings. The van der Waals surface area contributed by atoms with E-state index in [4.69, 9.17) is 0 Å². The molecule has 3 nitrogen and oxygen atoms in total. The van der Waals surface area contributed by atoms with Crippen molar-refractivity contribution in [3.05, 3.63) is 30.1 Å². The van der Waals surface area contributed by atoms with Gasteiger partial charge in [-0.15, -0.1) is 24.8 Å². The highest BCUT2D eigenvalue weighted by Gasteiger charge is 1.92. The Bertz CT molecular complexity index is 229. The summed E-state index contributed by atoms with van der Waals surface area (Å²) >= 11 is 0. The highest BCUT2D eigenvalue weighted by molar-refractivity contribution is 5.85. The molecule has 0 saturated heterocycles. The standard InChI is InChI=1S/C10H17N3.2ClH/c1-13(2)8-7-11-9-10-5-3-4-6-12-10;;/h3-6,11H,7-9H2,1-2H3;2*1H. The van der Waals surface area contributed by atoms with Gasteiger partial charge in [-0.25, -0.2) is 0 Å². The number of aromatic nitrogens is 1. The van der Waals surface area contributed by atoms with E-state index in [9.17, 15) is 0 Å². The van der Waals surface area contributed by atoms with E-state index >= 15 is 0 Å². The largest absolute Gasteiger partial charge is 0.310 e. The fourth-order valence-electron chi connectivity index (χ4n) is 1.02. The van der Waals surface area contributed by atoms with Crippen LogP contribution in [0.4, 0.5) is 0 Å². The first-order valence-corrected chi connectivity index (χ1v) is 4.54. The smallest absolute Gasteiger partial charge is 0.0541 e. The van der Waals surface area contributed by atoms with Gasteiger partial charge in [0.25, 0.3) is 0 Å². The number of rotatable bonds is 5. The van der Waals surface area contributed by atoms with Crippen LogP contribution in [0.25, 0.3) is 0 Å². The molecule has 0 amide bonds. The second-order valence-corrected chi connectivity index (χ2v) is 3.30. The first kappa shape index (κ1) is 17.1. The molecule has 1 N–H and O–H groups in total. The first-order valence-electron chi connectivity index (χ1n) is 4.54. The van der Waals surface area contributed by atoms with Gasteiger partial charge in [-0.05, 0) is 26.2 Å². The van der Waals surface area contributed by atoms with Crippen LogP contribution in [-0.2, 0) is 6.54 Å². The van der Waals surface area contributed by atoms with E-state index in [1.807, 2.05) is 24.4 Å². The van der Waals surface area contributed by atoms with Crippen molar-refractivity contribution >= 4 is 24.8 Å². The van der Waals surface area contributed by atoms with Crippen LogP contribution in [0.2, 0.25) is 0 Å². The third-order valence-corrected chi connectivity index (χ3v) is 1.77. The van der Waals surface area contributed by atoms with Crippen molar-refractivity contribution in [3.8, 4) is 0 Å². The molecule has 1 aromatic rings. The van der Waals surface area contributed by atoms with E-state index in [-0.39, 0.29) is 24.8 Å². The maximum atomic E-state index is 4.22. The SMILES string of the molecule is CN(C)CCNCc1ccccn1.Cl.Cl. The van der Waals surface area contributed by atoms with Crippen molar-refractivity contribution in [2.45, 2.75) is 6.54 Å². The molecule has 0 unspecified atom stereocenters. The Morgan fingerprint density at radius 2 is 2.00 bits per heavy atom. The minimum absolute atomic E-state index is 0. The van der Waals surface area contributed by atoms with Crippen LogP contribution in [0, 0.1) is 0 Å². The van der Waals surface area contributed by atoms with Crippen molar-refractivity contribution in [1.29, 1.82) is 0 Å². The molecule has 1 rings (SSSR count). The van der Waals surface area contributed by atoms with Crippen molar-refractivity contribution in [2.75, 3.05) is 27.2 Å². The minimum atomic E-state index is 0. The predicted octanol–water partition coefficient (Wildman–Crippen LogP) is 1.58. The zero-order chi connectivity index (χ0) is 9.52. The van der Waals surface area contributed by atoms with Crippen LogP contribution in [0.1, 0.15) is 5.69 Å². The number of halogens is 2. The molecule has 0 saturated carbocycles. The van der Waals surface area contributed by atoms with Gasteiger partial charge >= 0.3 is 0 Å². The summed E-state index contributed by atoms with van der Waals surface area (Å²) in [6, 6.07) is 5.97. The molecule has 0 aliphatic heterocycles. The summed E-state index contributed by atoms with van der Waals surface area (Å²) in [4.78, 5) is 6.38. The van der Waals surface area contributed by atoms with E-state index in [1.165, 1.54) is 0 Å². The quantitative estimate of drug-likeness (QED) is 0.806. The van der Waals surface area contributed by atoms with Gasteiger partial charge in [-0.2, -0.15) is 0 Å². The predicted molar refractivity (Wildman–Crippen MR) is 69.0 cm³/mol. The van der Waals surface area contributed by atoms with Crippen molar-refractivity contribution < 1.29 is 0 Å². The number of likely N-dealkylation sites (N-methyl/N-ethyl adjacent to an activating group) is 1. The maximum absolute atomic E-state index is 4.22. The van der Waals surface area contributed by atoms with Crippen LogP contribution in [-0.4, -0.2) is 37.1 Å². The van der Waals surface area contributed by atoms with Crippen LogP contribution in [0.15, 0.2) is 24.4 Å². The summed E-state index contributed by atoms with van der Waals surface area (Å²) in [6.07, 6.45) is 1.82. The molecule has 0 atom stereocenters. The van der Waals surface area contributed by atoms with Crippen LogP contribution < -0.4 is 5.32 Å². The molecule has 5 heteroatoms. The monoisotopic (exact) mass is 251 g/mol. The second kappa shape index (κ2) is 10.2. The summed E-state index contributed by atoms with van der Waals surface area (Å²) in [7, 11) is 4.14. The summed E-state index contributed by atoms with van der Waals surface area (Å²) in [5.74, 6) is 0. The number of hydrogen-bond donors (Lipinski definition) is 1. The fourth-order valence-corrected chi connectivity index (χ4v) is 1.02. The van der Waals surface area contributed by atoms with Crippen LogP contribution >= 0.6 is 24.8 Å². The number of hydrogen-bond acceptors (Lipinski definition) is 3. The molecule has 15 heavy (non-hydrogen) atoms. The molecule has 88 valence electrons. The van der Waals surface area contributed by atoms with Gasteiger partial charge < -0.3 is 10.2 Å². The molecular formula is C10H19Cl2N3. The van der Waals surface area contributed by atoms with E-state index in [2.05, 4.69) is 29.3 Å². The summed E-state index contributed by atoms with van der Waals surface area (Å²) in [5, 5.41) is 3.33. The van der Waals surface area contributed by atoms with E-state index in [0.29, 0.717) is 0 Å².